The molecule has 0 bridgehead atoms. The Morgan fingerprint density at radius 1 is 1.29 bits per heavy atom. The van der Waals surface area contributed by atoms with Crippen molar-refractivity contribution in [2.45, 2.75) is 64.3 Å². The summed E-state index contributed by atoms with van der Waals surface area (Å²) in [5.74, 6) is 2.68. The molecule has 1 fully saturated rings. The maximum absolute atomic E-state index is 4.62. The van der Waals surface area contributed by atoms with E-state index in [0.29, 0.717) is 12.0 Å². The van der Waals surface area contributed by atoms with Gasteiger partial charge in [-0.05, 0) is 12.8 Å². The molecule has 2 N–H and O–H groups in total. The second-order valence-electron chi connectivity index (χ2n) is 5.33. The molecule has 0 amide bonds. The maximum Gasteiger partial charge on any atom is 0.153 e. The third-order valence-corrected chi connectivity index (χ3v) is 3.43. The molecule has 0 radical (unpaired) electrons. The van der Waals surface area contributed by atoms with Crippen LogP contribution in [0.3, 0.4) is 0 Å². The molecular formula is C13H24N4. The summed E-state index contributed by atoms with van der Waals surface area (Å²) in [5.41, 5.74) is 0. The lowest BCUT2D eigenvalue weighted by atomic mass is 9.89. The summed E-state index contributed by atoms with van der Waals surface area (Å²) >= 11 is 0. The summed E-state index contributed by atoms with van der Waals surface area (Å²) in [6, 6.07) is 0.538. The highest BCUT2D eigenvalue weighted by Gasteiger charge is 2.19. The normalized spacial score (nSPS) is 17.8. The second-order valence-corrected chi connectivity index (χ2v) is 5.33. The van der Waals surface area contributed by atoms with Crippen molar-refractivity contribution in [1.29, 1.82) is 0 Å². The molecule has 4 heteroatoms. The van der Waals surface area contributed by atoms with Gasteiger partial charge in [0.15, 0.2) is 5.82 Å². The van der Waals surface area contributed by atoms with Gasteiger partial charge in [-0.2, -0.15) is 5.10 Å². The van der Waals surface area contributed by atoms with Crippen LogP contribution < -0.4 is 5.32 Å². The Balaban J connectivity index is 1.82. The molecule has 1 saturated carbocycles. The van der Waals surface area contributed by atoms with Crippen molar-refractivity contribution in [3.05, 3.63) is 11.6 Å². The predicted molar refractivity (Wildman–Crippen MR) is 69.1 cm³/mol. The molecule has 4 nitrogen and oxygen atoms in total. The molecule has 1 aliphatic rings. The summed E-state index contributed by atoms with van der Waals surface area (Å²) < 4.78 is 0. The molecule has 1 aromatic heterocycles. The number of aromatic nitrogens is 3. The molecule has 0 aliphatic heterocycles. The van der Waals surface area contributed by atoms with E-state index < -0.39 is 0 Å². The van der Waals surface area contributed by atoms with Gasteiger partial charge in [-0.25, -0.2) is 4.98 Å². The van der Waals surface area contributed by atoms with Crippen molar-refractivity contribution < 1.29 is 0 Å². The standard InChI is InChI=1S/C13H24N4/c1-10(2)14-9-8-12-15-13(17-16-12)11-6-4-3-5-7-11/h10-11,14H,3-9H2,1-2H3,(H,15,16,17). The van der Waals surface area contributed by atoms with Gasteiger partial charge in [0.1, 0.15) is 5.82 Å². The molecule has 1 heterocycles. The fourth-order valence-electron chi connectivity index (χ4n) is 2.44. The molecule has 0 saturated heterocycles. The number of hydrogen-bond donors (Lipinski definition) is 2. The maximum atomic E-state index is 4.62. The first-order chi connectivity index (χ1) is 8.25. The molecular weight excluding hydrogens is 212 g/mol. The van der Waals surface area contributed by atoms with Gasteiger partial charge in [0.25, 0.3) is 0 Å². The van der Waals surface area contributed by atoms with Crippen LogP contribution in [0.4, 0.5) is 0 Å². The third-order valence-electron chi connectivity index (χ3n) is 3.43. The smallest absolute Gasteiger partial charge is 0.153 e. The Kier molecular flexibility index (Phi) is 4.54. The van der Waals surface area contributed by atoms with Gasteiger partial charge >= 0.3 is 0 Å². The fraction of sp³-hybridized carbons (Fsp3) is 0.846. The van der Waals surface area contributed by atoms with Gasteiger partial charge in [-0.15, -0.1) is 0 Å². The van der Waals surface area contributed by atoms with E-state index in [1.54, 1.807) is 0 Å². The van der Waals surface area contributed by atoms with Crippen LogP contribution in [0.1, 0.15) is 63.5 Å². The summed E-state index contributed by atoms with van der Waals surface area (Å²) in [6.07, 6.45) is 7.53. The molecule has 0 spiro atoms. The molecule has 0 atom stereocenters. The zero-order valence-corrected chi connectivity index (χ0v) is 11.0. The van der Waals surface area contributed by atoms with Crippen molar-refractivity contribution in [2.75, 3.05) is 6.54 Å². The largest absolute Gasteiger partial charge is 0.314 e. The molecule has 96 valence electrons. The van der Waals surface area contributed by atoms with E-state index in [4.69, 9.17) is 0 Å². The number of nitrogens with zero attached hydrogens (tertiary/aromatic N) is 2. The average molecular weight is 236 g/mol. The first kappa shape index (κ1) is 12.6. The minimum atomic E-state index is 0.538. The minimum absolute atomic E-state index is 0.538. The zero-order valence-electron chi connectivity index (χ0n) is 11.0. The minimum Gasteiger partial charge on any atom is -0.314 e. The van der Waals surface area contributed by atoms with Crippen molar-refractivity contribution in [3.63, 3.8) is 0 Å². The lowest BCUT2D eigenvalue weighted by molar-refractivity contribution is 0.429. The van der Waals surface area contributed by atoms with Crippen LogP contribution in [0.2, 0.25) is 0 Å². The number of rotatable bonds is 5. The van der Waals surface area contributed by atoms with E-state index in [2.05, 4.69) is 34.3 Å². The van der Waals surface area contributed by atoms with Crippen LogP contribution in [-0.4, -0.2) is 27.8 Å². The lowest BCUT2D eigenvalue weighted by Gasteiger charge is -2.18. The number of aromatic amines is 1. The molecule has 2 rings (SSSR count). The summed E-state index contributed by atoms with van der Waals surface area (Å²) in [4.78, 5) is 4.62. The Labute approximate surface area is 104 Å². The van der Waals surface area contributed by atoms with Crippen LogP contribution in [0.25, 0.3) is 0 Å². The van der Waals surface area contributed by atoms with Gasteiger partial charge in [-0.1, -0.05) is 33.1 Å². The van der Waals surface area contributed by atoms with Crippen molar-refractivity contribution >= 4 is 0 Å². The topological polar surface area (TPSA) is 53.6 Å². The third kappa shape index (κ3) is 3.80. The average Bonchev–Trinajstić information content (AvgIpc) is 2.78. The molecule has 17 heavy (non-hydrogen) atoms. The Morgan fingerprint density at radius 2 is 2.06 bits per heavy atom. The van der Waals surface area contributed by atoms with E-state index >= 15 is 0 Å². The number of H-pyrrole nitrogens is 1. The van der Waals surface area contributed by atoms with E-state index in [1.807, 2.05) is 0 Å². The van der Waals surface area contributed by atoms with Crippen molar-refractivity contribution in [3.8, 4) is 0 Å². The first-order valence-electron chi connectivity index (χ1n) is 6.90. The molecule has 0 unspecified atom stereocenters. The summed E-state index contributed by atoms with van der Waals surface area (Å²) in [5, 5.41) is 10.8. The SMILES string of the molecule is CC(C)NCCc1nc(C2CCCCC2)n[nH]1. The van der Waals surface area contributed by atoms with Gasteiger partial charge in [0.05, 0.1) is 0 Å². The van der Waals surface area contributed by atoms with E-state index in [9.17, 15) is 0 Å². The fourth-order valence-corrected chi connectivity index (χ4v) is 2.44. The van der Waals surface area contributed by atoms with Crippen LogP contribution in [0.5, 0.6) is 0 Å². The van der Waals surface area contributed by atoms with Crippen LogP contribution in [0.15, 0.2) is 0 Å². The quantitative estimate of drug-likeness (QED) is 0.825. The Bertz CT molecular complexity index is 326. The van der Waals surface area contributed by atoms with Gasteiger partial charge in [0, 0.05) is 24.9 Å². The van der Waals surface area contributed by atoms with Gasteiger partial charge in [-0.3, -0.25) is 5.10 Å². The number of nitrogens with one attached hydrogen (secondary N) is 2. The predicted octanol–water partition coefficient (Wildman–Crippen LogP) is 2.39. The monoisotopic (exact) mass is 236 g/mol. The molecule has 1 aliphatic carbocycles. The molecule has 0 aromatic carbocycles. The lowest BCUT2D eigenvalue weighted by Crippen LogP contribution is -2.25. The highest BCUT2D eigenvalue weighted by Crippen LogP contribution is 2.30. The van der Waals surface area contributed by atoms with Crippen LogP contribution in [-0.2, 0) is 6.42 Å². The van der Waals surface area contributed by atoms with Gasteiger partial charge in [0.2, 0.25) is 0 Å². The van der Waals surface area contributed by atoms with Crippen LogP contribution in [0, 0.1) is 0 Å². The van der Waals surface area contributed by atoms with E-state index in [1.165, 1.54) is 32.1 Å². The van der Waals surface area contributed by atoms with Crippen molar-refractivity contribution in [1.82, 2.24) is 20.5 Å². The van der Waals surface area contributed by atoms with E-state index in [-0.39, 0.29) is 0 Å². The summed E-state index contributed by atoms with van der Waals surface area (Å²) in [6.45, 7) is 5.29. The highest BCUT2D eigenvalue weighted by molar-refractivity contribution is 4.99. The Hall–Kier alpha value is -0.900. The van der Waals surface area contributed by atoms with Crippen LogP contribution >= 0.6 is 0 Å². The summed E-state index contributed by atoms with van der Waals surface area (Å²) in [7, 11) is 0. The van der Waals surface area contributed by atoms with Gasteiger partial charge < -0.3 is 5.32 Å². The molecule has 1 aromatic rings. The first-order valence-corrected chi connectivity index (χ1v) is 6.90. The highest BCUT2D eigenvalue weighted by atomic mass is 15.2. The van der Waals surface area contributed by atoms with E-state index in [0.717, 1.165) is 24.6 Å². The second kappa shape index (κ2) is 6.15. The Morgan fingerprint density at radius 3 is 2.76 bits per heavy atom. The van der Waals surface area contributed by atoms with Crippen molar-refractivity contribution in [2.24, 2.45) is 0 Å². The number of hydrogen-bond acceptors (Lipinski definition) is 3. The zero-order chi connectivity index (χ0) is 12.1.